The lowest BCUT2D eigenvalue weighted by Gasteiger charge is -2.23. The van der Waals surface area contributed by atoms with Crippen molar-refractivity contribution in [3.8, 4) is 0 Å². The minimum absolute atomic E-state index is 0.000594. The summed E-state index contributed by atoms with van der Waals surface area (Å²) in [5, 5.41) is 5.66. The number of carbonyl (C=O) groups excluding carboxylic acids is 1. The van der Waals surface area contributed by atoms with Gasteiger partial charge in [0.05, 0.1) is 10.9 Å². The molecule has 1 unspecified atom stereocenters. The zero-order valence-corrected chi connectivity index (χ0v) is 9.73. The Kier molecular flexibility index (Phi) is 3.46. The molecule has 86 valence electrons. The summed E-state index contributed by atoms with van der Waals surface area (Å²) in [5.74, 6) is -0.269. The van der Waals surface area contributed by atoms with E-state index in [0.717, 1.165) is 17.9 Å². The molecule has 0 spiro atoms. The van der Waals surface area contributed by atoms with Crippen LogP contribution in [0.2, 0.25) is 0 Å². The van der Waals surface area contributed by atoms with Crippen LogP contribution in [-0.4, -0.2) is 24.7 Å². The zero-order chi connectivity index (χ0) is 11.5. The number of hydrogen-bond acceptors (Lipinski definition) is 3. The van der Waals surface area contributed by atoms with E-state index in [1.54, 1.807) is 6.07 Å². The van der Waals surface area contributed by atoms with E-state index in [4.69, 9.17) is 0 Å². The molecule has 1 aromatic carbocycles. The van der Waals surface area contributed by atoms with Crippen LogP contribution >= 0.6 is 11.8 Å². The molecule has 1 heterocycles. The standard InChI is InChI=1S/C11H13FN2OS/c1-13-5-4-9-11(15)14-8-3-2-7(12)6-10(8)16-9/h2-3,6,9,13H,4-5H2,1H3,(H,14,15). The third-order valence-electron chi connectivity index (χ3n) is 2.42. The van der Waals surface area contributed by atoms with E-state index in [1.807, 2.05) is 7.05 Å². The Balaban J connectivity index is 2.16. The number of carbonyl (C=O) groups is 1. The summed E-state index contributed by atoms with van der Waals surface area (Å²) < 4.78 is 13.0. The van der Waals surface area contributed by atoms with Gasteiger partial charge in [0.2, 0.25) is 5.91 Å². The largest absolute Gasteiger partial charge is 0.324 e. The summed E-state index contributed by atoms with van der Waals surface area (Å²) >= 11 is 1.43. The number of nitrogens with one attached hydrogen (secondary N) is 2. The quantitative estimate of drug-likeness (QED) is 0.847. The van der Waals surface area contributed by atoms with Crippen LogP contribution in [-0.2, 0) is 4.79 Å². The molecule has 16 heavy (non-hydrogen) atoms. The maximum absolute atomic E-state index is 13.0. The highest BCUT2D eigenvalue weighted by Gasteiger charge is 2.26. The summed E-state index contributed by atoms with van der Waals surface area (Å²) in [4.78, 5) is 12.5. The van der Waals surface area contributed by atoms with Crippen molar-refractivity contribution in [1.82, 2.24) is 5.32 Å². The molecule has 0 bridgehead atoms. The number of benzene rings is 1. The van der Waals surface area contributed by atoms with Crippen LogP contribution < -0.4 is 10.6 Å². The molecule has 0 fully saturated rings. The third kappa shape index (κ3) is 2.36. The van der Waals surface area contributed by atoms with Crippen LogP contribution in [0, 0.1) is 5.82 Å². The van der Waals surface area contributed by atoms with Gasteiger partial charge in [0, 0.05) is 4.90 Å². The average Bonchev–Trinajstić information content (AvgIpc) is 2.27. The SMILES string of the molecule is CNCCC1Sc2cc(F)ccc2NC1=O. The van der Waals surface area contributed by atoms with Crippen molar-refractivity contribution in [3.63, 3.8) is 0 Å². The van der Waals surface area contributed by atoms with Gasteiger partial charge in [-0.3, -0.25) is 4.79 Å². The highest BCUT2D eigenvalue weighted by molar-refractivity contribution is 8.01. The van der Waals surface area contributed by atoms with E-state index >= 15 is 0 Å². The van der Waals surface area contributed by atoms with Crippen LogP contribution in [0.25, 0.3) is 0 Å². The molecule has 0 radical (unpaired) electrons. The van der Waals surface area contributed by atoms with Crippen molar-refractivity contribution in [3.05, 3.63) is 24.0 Å². The maximum atomic E-state index is 13.0. The maximum Gasteiger partial charge on any atom is 0.237 e. The van der Waals surface area contributed by atoms with Crippen molar-refractivity contribution in [2.45, 2.75) is 16.6 Å². The number of halogens is 1. The molecular weight excluding hydrogens is 227 g/mol. The summed E-state index contributed by atoms with van der Waals surface area (Å²) in [6, 6.07) is 4.42. The predicted molar refractivity (Wildman–Crippen MR) is 63.2 cm³/mol. The van der Waals surface area contributed by atoms with Gasteiger partial charge in [0.1, 0.15) is 5.82 Å². The second kappa shape index (κ2) is 4.84. The van der Waals surface area contributed by atoms with E-state index < -0.39 is 0 Å². The first-order valence-electron chi connectivity index (χ1n) is 5.12. The monoisotopic (exact) mass is 240 g/mol. The zero-order valence-electron chi connectivity index (χ0n) is 8.92. The number of amides is 1. The van der Waals surface area contributed by atoms with Gasteiger partial charge in [-0.05, 0) is 38.2 Å². The second-order valence-corrected chi connectivity index (χ2v) is 4.87. The fourth-order valence-corrected chi connectivity index (χ4v) is 2.72. The van der Waals surface area contributed by atoms with Gasteiger partial charge in [-0.15, -0.1) is 11.8 Å². The van der Waals surface area contributed by atoms with Gasteiger partial charge in [-0.25, -0.2) is 4.39 Å². The van der Waals surface area contributed by atoms with Crippen molar-refractivity contribution in [1.29, 1.82) is 0 Å². The lowest BCUT2D eigenvalue weighted by atomic mass is 10.2. The molecule has 0 saturated carbocycles. The number of fused-ring (bicyclic) bond motifs is 1. The number of rotatable bonds is 3. The number of anilines is 1. The molecule has 1 amide bonds. The fraction of sp³-hybridized carbons (Fsp3) is 0.364. The fourth-order valence-electron chi connectivity index (χ4n) is 1.58. The highest BCUT2D eigenvalue weighted by Crippen LogP contribution is 2.36. The number of thioether (sulfide) groups is 1. The van der Waals surface area contributed by atoms with E-state index in [1.165, 1.54) is 23.9 Å². The van der Waals surface area contributed by atoms with Crippen molar-refractivity contribution >= 4 is 23.4 Å². The molecular formula is C11H13FN2OS. The Morgan fingerprint density at radius 2 is 2.38 bits per heavy atom. The van der Waals surface area contributed by atoms with E-state index in [2.05, 4.69) is 10.6 Å². The van der Waals surface area contributed by atoms with Crippen LogP contribution in [0.5, 0.6) is 0 Å². The molecule has 0 aromatic heterocycles. The summed E-state index contributed by atoms with van der Waals surface area (Å²) in [6.45, 7) is 0.774. The molecule has 0 saturated heterocycles. The minimum atomic E-state index is -0.269. The van der Waals surface area contributed by atoms with E-state index in [-0.39, 0.29) is 17.0 Å². The van der Waals surface area contributed by atoms with Crippen LogP contribution in [0.1, 0.15) is 6.42 Å². The van der Waals surface area contributed by atoms with Gasteiger partial charge in [0.15, 0.2) is 0 Å². The first kappa shape index (κ1) is 11.4. The van der Waals surface area contributed by atoms with Crippen LogP contribution in [0.4, 0.5) is 10.1 Å². The first-order valence-corrected chi connectivity index (χ1v) is 6.00. The van der Waals surface area contributed by atoms with Crippen LogP contribution in [0.15, 0.2) is 23.1 Å². The molecule has 1 aliphatic rings. The average molecular weight is 240 g/mol. The highest BCUT2D eigenvalue weighted by atomic mass is 32.2. The topological polar surface area (TPSA) is 41.1 Å². The Hall–Kier alpha value is -1.07. The van der Waals surface area contributed by atoms with Crippen LogP contribution in [0.3, 0.4) is 0 Å². The van der Waals surface area contributed by atoms with Gasteiger partial charge in [-0.2, -0.15) is 0 Å². The summed E-state index contributed by atoms with van der Waals surface area (Å²) in [6.07, 6.45) is 0.739. The predicted octanol–water partition coefficient (Wildman–Crippen LogP) is 1.85. The molecule has 1 aliphatic heterocycles. The van der Waals surface area contributed by atoms with Crippen molar-refractivity contribution in [2.24, 2.45) is 0 Å². The Bertz CT molecular complexity index is 411. The second-order valence-electron chi connectivity index (χ2n) is 3.63. The summed E-state index contributed by atoms with van der Waals surface area (Å²) in [5.41, 5.74) is 0.706. The van der Waals surface area contributed by atoms with Gasteiger partial charge < -0.3 is 10.6 Å². The van der Waals surface area contributed by atoms with E-state index in [9.17, 15) is 9.18 Å². The third-order valence-corrected chi connectivity index (χ3v) is 3.75. The Labute approximate surface area is 97.8 Å². The van der Waals surface area contributed by atoms with Crippen molar-refractivity contribution < 1.29 is 9.18 Å². The first-order chi connectivity index (χ1) is 7.70. The lowest BCUT2D eigenvalue weighted by molar-refractivity contribution is -0.115. The number of hydrogen-bond donors (Lipinski definition) is 2. The van der Waals surface area contributed by atoms with Gasteiger partial charge in [-0.1, -0.05) is 0 Å². The smallest absolute Gasteiger partial charge is 0.237 e. The molecule has 0 aliphatic carbocycles. The molecule has 1 aromatic rings. The minimum Gasteiger partial charge on any atom is -0.324 e. The molecule has 2 rings (SSSR count). The molecule has 5 heteroatoms. The summed E-state index contributed by atoms with van der Waals surface area (Å²) in [7, 11) is 1.85. The van der Waals surface area contributed by atoms with Crippen molar-refractivity contribution in [2.75, 3.05) is 18.9 Å². The molecule has 3 nitrogen and oxygen atoms in total. The molecule has 1 atom stereocenters. The Morgan fingerprint density at radius 3 is 3.12 bits per heavy atom. The Morgan fingerprint density at radius 1 is 1.56 bits per heavy atom. The molecule has 2 N–H and O–H groups in total. The normalized spacial score (nSPS) is 19.1. The lowest BCUT2D eigenvalue weighted by Crippen LogP contribution is -2.31. The van der Waals surface area contributed by atoms with E-state index in [0.29, 0.717) is 5.69 Å². The van der Waals surface area contributed by atoms with Gasteiger partial charge in [0.25, 0.3) is 0 Å². The van der Waals surface area contributed by atoms with Gasteiger partial charge >= 0.3 is 0 Å².